The standard InChI is InChI=1S/C17H18F3N5O2/c1-7-13(9(3)27-24-7)16-23-8(2)15(22)25(16)11-5-10(17(18,19)20)6-12(26-4)14(11)21/h5-6H,21-22H2,1-4H3. The molecule has 10 heteroatoms. The number of halogens is 3. The highest BCUT2D eigenvalue weighted by Gasteiger charge is 2.33. The van der Waals surface area contributed by atoms with Gasteiger partial charge in [-0.3, -0.25) is 4.57 Å². The second kappa shape index (κ2) is 6.22. The third-order valence-electron chi connectivity index (χ3n) is 4.26. The van der Waals surface area contributed by atoms with Crippen molar-refractivity contribution in [2.75, 3.05) is 18.6 Å². The molecule has 0 aliphatic rings. The van der Waals surface area contributed by atoms with E-state index in [4.69, 9.17) is 20.7 Å². The van der Waals surface area contributed by atoms with Gasteiger partial charge in [0.25, 0.3) is 0 Å². The number of aryl methyl sites for hydroxylation is 3. The van der Waals surface area contributed by atoms with Crippen molar-refractivity contribution in [3.8, 4) is 22.8 Å². The van der Waals surface area contributed by atoms with Gasteiger partial charge in [-0.2, -0.15) is 13.2 Å². The maximum atomic E-state index is 13.4. The van der Waals surface area contributed by atoms with Crippen LogP contribution in [0.15, 0.2) is 16.7 Å². The molecule has 27 heavy (non-hydrogen) atoms. The van der Waals surface area contributed by atoms with Gasteiger partial charge in [0.15, 0.2) is 5.82 Å². The summed E-state index contributed by atoms with van der Waals surface area (Å²) in [5, 5.41) is 3.87. The number of ether oxygens (including phenoxy) is 1. The highest BCUT2D eigenvalue weighted by atomic mass is 19.4. The maximum absolute atomic E-state index is 13.4. The van der Waals surface area contributed by atoms with Crippen LogP contribution < -0.4 is 16.2 Å². The average molecular weight is 381 g/mol. The van der Waals surface area contributed by atoms with Gasteiger partial charge in [-0.15, -0.1) is 0 Å². The van der Waals surface area contributed by atoms with Crippen LogP contribution >= 0.6 is 0 Å². The minimum atomic E-state index is -4.59. The summed E-state index contributed by atoms with van der Waals surface area (Å²) in [7, 11) is 1.24. The van der Waals surface area contributed by atoms with E-state index < -0.39 is 11.7 Å². The minimum Gasteiger partial charge on any atom is -0.495 e. The fraction of sp³-hybridized carbons (Fsp3) is 0.294. The Labute approximate surface area is 152 Å². The molecule has 2 aromatic heterocycles. The lowest BCUT2D eigenvalue weighted by molar-refractivity contribution is -0.137. The van der Waals surface area contributed by atoms with Crippen LogP contribution in [-0.2, 0) is 6.18 Å². The molecule has 4 N–H and O–H groups in total. The Morgan fingerprint density at radius 3 is 2.30 bits per heavy atom. The van der Waals surface area contributed by atoms with Crippen LogP contribution in [0.2, 0.25) is 0 Å². The topological polar surface area (TPSA) is 105 Å². The number of hydrogen-bond acceptors (Lipinski definition) is 6. The molecule has 0 atom stereocenters. The Hall–Kier alpha value is -3.17. The van der Waals surface area contributed by atoms with Gasteiger partial charge in [0, 0.05) is 0 Å². The molecule has 0 aliphatic carbocycles. The molecule has 7 nitrogen and oxygen atoms in total. The number of methoxy groups -OCH3 is 1. The van der Waals surface area contributed by atoms with Crippen molar-refractivity contribution < 1.29 is 22.4 Å². The normalized spacial score (nSPS) is 11.8. The molecule has 0 aliphatic heterocycles. The predicted molar refractivity (Wildman–Crippen MR) is 93.7 cm³/mol. The molecular formula is C17H18F3N5O2. The second-order valence-electron chi connectivity index (χ2n) is 6.05. The first-order chi connectivity index (χ1) is 12.6. The van der Waals surface area contributed by atoms with Crippen LogP contribution in [0.1, 0.15) is 22.7 Å². The van der Waals surface area contributed by atoms with Crippen LogP contribution in [0.3, 0.4) is 0 Å². The van der Waals surface area contributed by atoms with Gasteiger partial charge in [0.2, 0.25) is 0 Å². The fourth-order valence-corrected chi connectivity index (χ4v) is 2.89. The number of imidazole rings is 1. The van der Waals surface area contributed by atoms with E-state index in [2.05, 4.69) is 10.1 Å². The van der Waals surface area contributed by atoms with Gasteiger partial charge in [-0.25, -0.2) is 4.98 Å². The van der Waals surface area contributed by atoms with Gasteiger partial charge >= 0.3 is 6.18 Å². The second-order valence-corrected chi connectivity index (χ2v) is 6.05. The molecule has 2 heterocycles. The lowest BCUT2D eigenvalue weighted by Gasteiger charge is -2.18. The summed E-state index contributed by atoms with van der Waals surface area (Å²) in [5.74, 6) is 0.777. The zero-order valence-electron chi connectivity index (χ0n) is 15.1. The van der Waals surface area contributed by atoms with Crippen molar-refractivity contribution in [3.05, 3.63) is 34.8 Å². The van der Waals surface area contributed by atoms with Crippen LogP contribution in [0.5, 0.6) is 5.75 Å². The third kappa shape index (κ3) is 2.96. The van der Waals surface area contributed by atoms with E-state index in [-0.39, 0.29) is 28.8 Å². The number of nitrogens with zero attached hydrogens (tertiary/aromatic N) is 3. The van der Waals surface area contributed by atoms with Crippen LogP contribution in [0, 0.1) is 20.8 Å². The Morgan fingerprint density at radius 1 is 1.11 bits per heavy atom. The largest absolute Gasteiger partial charge is 0.495 e. The number of nitrogens with two attached hydrogens (primary N) is 2. The first-order valence-electron chi connectivity index (χ1n) is 7.89. The summed E-state index contributed by atoms with van der Waals surface area (Å²) in [5.41, 5.74) is 12.8. The fourth-order valence-electron chi connectivity index (χ4n) is 2.89. The first kappa shape index (κ1) is 18.6. The molecule has 0 amide bonds. The Bertz CT molecular complexity index is 1000. The molecule has 0 radical (unpaired) electrons. The van der Waals surface area contributed by atoms with E-state index in [1.807, 2.05) is 0 Å². The Kier molecular flexibility index (Phi) is 4.29. The highest BCUT2D eigenvalue weighted by molar-refractivity contribution is 5.75. The molecule has 1 aromatic carbocycles. The molecular weight excluding hydrogens is 363 g/mol. The van der Waals surface area contributed by atoms with E-state index in [0.29, 0.717) is 22.7 Å². The summed E-state index contributed by atoms with van der Waals surface area (Å²) in [4.78, 5) is 4.40. The third-order valence-corrected chi connectivity index (χ3v) is 4.26. The van der Waals surface area contributed by atoms with Crippen molar-refractivity contribution in [2.45, 2.75) is 26.9 Å². The van der Waals surface area contributed by atoms with Crippen LogP contribution in [-0.4, -0.2) is 21.8 Å². The molecule has 0 bridgehead atoms. The van der Waals surface area contributed by atoms with E-state index in [0.717, 1.165) is 12.1 Å². The molecule has 3 rings (SSSR count). The van der Waals surface area contributed by atoms with E-state index in [1.165, 1.54) is 11.7 Å². The molecule has 0 saturated carbocycles. The highest BCUT2D eigenvalue weighted by Crippen LogP contribution is 2.41. The lowest BCUT2D eigenvalue weighted by atomic mass is 10.1. The number of benzene rings is 1. The van der Waals surface area contributed by atoms with Crippen molar-refractivity contribution >= 4 is 11.5 Å². The number of hydrogen-bond donors (Lipinski definition) is 2. The zero-order chi connectivity index (χ0) is 20.1. The van der Waals surface area contributed by atoms with Crippen molar-refractivity contribution in [1.82, 2.24) is 14.7 Å². The smallest absolute Gasteiger partial charge is 0.416 e. The maximum Gasteiger partial charge on any atom is 0.416 e. The first-order valence-corrected chi connectivity index (χ1v) is 7.89. The molecule has 0 spiro atoms. The summed E-state index contributed by atoms with van der Waals surface area (Å²) in [6.45, 7) is 5.02. The molecule has 144 valence electrons. The lowest BCUT2D eigenvalue weighted by Crippen LogP contribution is -2.12. The van der Waals surface area contributed by atoms with Crippen LogP contribution in [0.4, 0.5) is 24.7 Å². The Balaban J connectivity index is 2.39. The SMILES string of the molecule is COc1cc(C(F)(F)F)cc(-n2c(-c3c(C)noc3C)nc(C)c2N)c1N. The summed E-state index contributed by atoms with van der Waals surface area (Å²) >= 11 is 0. The predicted octanol–water partition coefficient (Wildman–Crippen LogP) is 3.64. The van der Waals surface area contributed by atoms with E-state index in [1.54, 1.807) is 20.8 Å². The number of alkyl halides is 3. The van der Waals surface area contributed by atoms with Crippen molar-refractivity contribution in [1.29, 1.82) is 0 Å². The summed E-state index contributed by atoms with van der Waals surface area (Å²) < 4.78 is 51.6. The van der Waals surface area contributed by atoms with Gasteiger partial charge in [0.05, 0.1) is 41.0 Å². The average Bonchev–Trinajstić information content (AvgIpc) is 3.06. The zero-order valence-corrected chi connectivity index (χ0v) is 15.1. The van der Waals surface area contributed by atoms with Gasteiger partial charge in [-0.05, 0) is 32.9 Å². The van der Waals surface area contributed by atoms with Gasteiger partial charge < -0.3 is 20.7 Å². The monoisotopic (exact) mass is 381 g/mol. The molecule has 3 aromatic rings. The van der Waals surface area contributed by atoms with E-state index >= 15 is 0 Å². The molecule has 0 fully saturated rings. The molecule has 0 saturated heterocycles. The summed E-state index contributed by atoms with van der Waals surface area (Å²) in [6, 6.07) is 1.76. The summed E-state index contributed by atoms with van der Waals surface area (Å²) in [6.07, 6.45) is -4.59. The number of anilines is 2. The Morgan fingerprint density at radius 2 is 1.78 bits per heavy atom. The van der Waals surface area contributed by atoms with Crippen molar-refractivity contribution in [2.24, 2.45) is 0 Å². The van der Waals surface area contributed by atoms with Gasteiger partial charge in [0.1, 0.15) is 17.3 Å². The van der Waals surface area contributed by atoms with Gasteiger partial charge in [-0.1, -0.05) is 5.16 Å². The number of nitrogen functional groups attached to an aromatic ring is 2. The minimum absolute atomic E-state index is 0.00242. The number of rotatable bonds is 3. The van der Waals surface area contributed by atoms with E-state index in [9.17, 15) is 13.2 Å². The van der Waals surface area contributed by atoms with Crippen molar-refractivity contribution in [3.63, 3.8) is 0 Å². The number of aromatic nitrogens is 3. The quantitative estimate of drug-likeness (QED) is 0.671. The van der Waals surface area contributed by atoms with Crippen LogP contribution in [0.25, 0.3) is 17.1 Å². The molecule has 0 unspecified atom stereocenters.